The van der Waals surface area contributed by atoms with E-state index in [9.17, 15) is 0 Å². The highest BCUT2D eigenvalue weighted by Gasteiger charge is 2.24. The van der Waals surface area contributed by atoms with Gasteiger partial charge in [0, 0.05) is 18.8 Å². The normalized spacial score (nSPS) is 23.9. The van der Waals surface area contributed by atoms with Gasteiger partial charge in [0.2, 0.25) is 0 Å². The van der Waals surface area contributed by atoms with Gasteiger partial charge in [-0.2, -0.15) is 0 Å². The van der Waals surface area contributed by atoms with Crippen molar-refractivity contribution in [2.45, 2.75) is 52.0 Å². The van der Waals surface area contributed by atoms with Gasteiger partial charge in [-0.15, -0.1) is 0 Å². The fourth-order valence-corrected chi connectivity index (χ4v) is 2.95. The fourth-order valence-electron chi connectivity index (χ4n) is 2.95. The van der Waals surface area contributed by atoms with Gasteiger partial charge in [0.1, 0.15) is 0 Å². The van der Waals surface area contributed by atoms with E-state index in [0.29, 0.717) is 6.04 Å². The highest BCUT2D eigenvalue weighted by Crippen LogP contribution is 2.32. The van der Waals surface area contributed by atoms with Gasteiger partial charge in [-0.05, 0) is 50.7 Å². The second kappa shape index (κ2) is 5.59. The maximum Gasteiger partial charge on any atom is 0.152 e. The summed E-state index contributed by atoms with van der Waals surface area (Å²) in [5.41, 5.74) is 7.87. The molecule has 18 heavy (non-hydrogen) atoms. The molecule has 3 nitrogen and oxygen atoms in total. The Morgan fingerprint density at radius 2 is 1.94 bits per heavy atom. The Kier molecular flexibility index (Phi) is 4.10. The third kappa shape index (κ3) is 2.77. The standard InChI is InChI=1S/C15H25N3/c1-4-12-6-8-13(9-7-12)18(3)15-14(16)10-5-11(2)17-15/h5,10,12-13H,4,6-9,16H2,1-3H3. The fraction of sp³-hybridized carbons (Fsp3) is 0.667. The number of pyridine rings is 1. The second-order valence-corrected chi connectivity index (χ2v) is 5.56. The maximum atomic E-state index is 6.05. The Balaban J connectivity index is 2.07. The van der Waals surface area contributed by atoms with Crippen LogP contribution in [0.1, 0.15) is 44.7 Å². The summed E-state index contributed by atoms with van der Waals surface area (Å²) >= 11 is 0. The zero-order chi connectivity index (χ0) is 13.1. The monoisotopic (exact) mass is 247 g/mol. The van der Waals surface area contributed by atoms with Crippen molar-refractivity contribution in [1.29, 1.82) is 0 Å². The zero-order valence-corrected chi connectivity index (χ0v) is 11.8. The van der Waals surface area contributed by atoms with Crippen LogP contribution < -0.4 is 10.6 Å². The Hall–Kier alpha value is -1.25. The highest BCUT2D eigenvalue weighted by molar-refractivity contribution is 5.63. The molecule has 0 unspecified atom stereocenters. The van der Waals surface area contributed by atoms with Crippen LogP contribution in [0.5, 0.6) is 0 Å². The summed E-state index contributed by atoms with van der Waals surface area (Å²) in [5, 5.41) is 0. The van der Waals surface area contributed by atoms with Crippen LogP contribution in [0, 0.1) is 12.8 Å². The number of hydrogen-bond donors (Lipinski definition) is 1. The molecule has 0 amide bonds. The number of anilines is 2. The van der Waals surface area contributed by atoms with Crippen molar-refractivity contribution in [3.8, 4) is 0 Å². The SMILES string of the molecule is CCC1CCC(N(C)c2nc(C)ccc2N)CC1. The average Bonchev–Trinajstić information content (AvgIpc) is 2.41. The average molecular weight is 247 g/mol. The lowest BCUT2D eigenvalue weighted by Gasteiger charge is -2.35. The first kappa shape index (κ1) is 13.2. The van der Waals surface area contributed by atoms with Gasteiger partial charge in [0.25, 0.3) is 0 Å². The topological polar surface area (TPSA) is 42.2 Å². The molecule has 1 saturated carbocycles. The Labute approximate surface area is 110 Å². The number of hydrogen-bond acceptors (Lipinski definition) is 3. The summed E-state index contributed by atoms with van der Waals surface area (Å²) in [7, 11) is 2.13. The molecule has 1 heterocycles. The van der Waals surface area contributed by atoms with Crippen LogP contribution in [-0.4, -0.2) is 18.1 Å². The molecule has 3 heteroatoms. The first-order valence-electron chi connectivity index (χ1n) is 7.07. The van der Waals surface area contributed by atoms with Crippen LogP contribution in [0.2, 0.25) is 0 Å². The van der Waals surface area contributed by atoms with Crippen molar-refractivity contribution in [2.75, 3.05) is 17.7 Å². The van der Waals surface area contributed by atoms with Gasteiger partial charge in [-0.3, -0.25) is 0 Å². The molecule has 2 rings (SSSR count). The number of nitrogens with two attached hydrogens (primary N) is 1. The summed E-state index contributed by atoms with van der Waals surface area (Å²) in [6.07, 6.45) is 6.55. The lowest BCUT2D eigenvalue weighted by atomic mass is 9.84. The van der Waals surface area contributed by atoms with Gasteiger partial charge in [0.15, 0.2) is 5.82 Å². The van der Waals surface area contributed by atoms with Crippen molar-refractivity contribution in [2.24, 2.45) is 5.92 Å². The van der Waals surface area contributed by atoms with Gasteiger partial charge < -0.3 is 10.6 Å². The van der Waals surface area contributed by atoms with E-state index in [1.807, 2.05) is 19.1 Å². The van der Waals surface area contributed by atoms with Crippen molar-refractivity contribution >= 4 is 11.5 Å². The van der Waals surface area contributed by atoms with E-state index in [0.717, 1.165) is 23.1 Å². The Morgan fingerprint density at radius 1 is 1.28 bits per heavy atom. The van der Waals surface area contributed by atoms with E-state index in [-0.39, 0.29) is 0 Å². The molecule has 0 aliphatic heterocycles. The summed E-state index contributed by atoms with van der Waals surface area (Å²) in [4.78, 5) is 6.87. The van der Waals surface area contributed by atoms with Gasteiger partial charge in [-0.1, -0.05) is 13.3 Å². The van der Waals surface area contributed by atoms with E-state index in [2.05, 4.69) is 23.9 Å². The summed E-state index contributed by atoms with van der Waals surface area (Å²) in [6.45, 7) is 4.32. The number of aryl methyl sites for hydroxylation is 1. The summed E-state index contributed by atoms with van der Waals surface area (Å²) < 4.78 is 0. The van der Waals surface area contributed by atoms with Gasteiger partial charge in [0.05, 0.1) is 5.69 Å². The first-order valence-corrected chi connectivity index (χ1v) is 7.07. The third-order valence-electron chi connectivity index (χ3n) is 4.32. The number of nitrogens with zero attached hydrogens (tertiary/aromatic N) is 2. The number of rotatable bonds is 3. The van der Waals surface area contributed by atoms with Crippen molar-refractivity contribution in [1.82, 2.24) is 4.98 Å². The van der Waals surface area contributed by atoms with Crippen molar-refractivity contribution in [3.63, 3.8) is 0 Å². The molecular formula is C15H25N3. The van der Waals surface area contributed by atoms with Crippen molar-refractivity contribution in [3.05, 3.63) is 17.8 Å². The van der Waals surface area contributed by atoms with Crippen LogP contribution in [-0.2, 0) is 0 Å². The van der Waals surface area contributed by atoms with E-state index >= 15 is 0 Å². The van der Waals surface area contributed by atoms with E-state index in [1.165, 1.54) is 32.1 Å². The second-order valence-electron chi connectivity index (χ2n) is 5.56. The number of nitrogen functional groups attached to an aromatic ring is 1. The quantitative estimate of drug-likeness (QED) is 0.890. The van der Waals surface area contributed by atoms with Crippen LogP contribution in [0.4, 0.5) is 11.5 Å². The molecule has 1 aromatic rings. The molecule has 0 atom stereocenters. The van der Waals surface area contributed by atoms with E-state index < -0.39 is 0 Å². The van der Waals surface area contributed by atoms with Gasteiger partial charge in [-0.25, -0.2) is 4.98 Å². The first-order chi connectivity index (χ1) is 8.61. The summed E-state index contributed by atoms with van der Waals surface area (Å²) in [5.74, 6) is 1.88. The Morgan fingerprint density at radius 3 is 2.56 bits per heavy atom. The molecule has 0 spiro atoms. The highest BCUT2D eigenvalue weighted by atomic mass is 15.2. The molecule has 1 aliphatic carbocycles. The minimum absolute atomic E-state index is 0.601. The molecule has 2 N–H and O–H groups in total. The number of aromatic nitrogens is 1. The molecule has 100 valence electrons. The minimum Gasteiger partial charge on any atom is -0.396 e. The molecule has 0 saturated heterocycles. The summed E-state index contributed by atoms with van der Waals surface area (Å²) in [6, 6.07) is 4.54. The predicted molar refractivity (Wildman–Crippen MR) is 77.8 cm³/mol. The van der Waals surface area contributed by atoms with Crippen LogP contribution in [0.15, 0.2) is 12.1 Å². The minimum atomic E-state index is 0.601. The van der Waals surface area contributed by atoms with Crippen LogP contribution in [0.3, 0.4) is 0 Å². The molecule has 1 aromatic heterocycles. The van der Waals surface area contributed by atoms with Crippen LogP contribution in [0.25, 0.3) is 0 Å². The zero-order valence-electron chi connectivity index (χ0n) is 11.8. The lowest BCUT2D eigenvalue weighted by molar-refractivity contribution is 0.313. The third-order valence-corrected chi connectivity index (χ3v) is 4.32. The van der Waals surface area contributed by atoms with Crippen LogP contribution >= 0.6 is 0 Å². The molecule has 1 fully saturated rings. The van der Waals surface area contributed by atoms with Crippen molar-refractivity contribution < 1.29 is 0 Å². The smallest absolute Gasteiger partial charge is 0.152 e. The molecule has 1 aliphatic rings. The van der Waals surface area contributed by atoms with Gasteiger partial charge >= 0.3 is 0 Å². The van der Waals surface area contributed by atoms with E-state index in [4.69, 9.17) is 5.73 Å². The molecular weight excluding hydrogens is 222 g/mol. The largest absolute Gasteiger partial charge is 0.396 e. The molecule has 0 radical (unpaired) electrons. The molecule has 0 aromatic carbocycles. The predicted octanol–water partition coefficient (Wildman–Crippen LogP) is 3.38. The maximum absolute atomic E-state index is 6.05. The molecule has 0 bridgehead atoms. The Bertz CT molecular complexity index is 395. The lowest BCUT2D eigenvalue weighted by Crippen LogP contribution is -2.36. The van der Waals surface area contributed by atoms with E-state index in [1.54, 1.807) is 0 Å².